The molecule has 15 heteroatoms. The summed E-state index contributed by atoms with van der Waals surface area (Å²) in [6, 6.07) is 16.8. The number of nitro benzene ring substituents is 1. The molecule has 3 amide bonds. The predicted octanol–water partition coefficient (Wildman–Crippen LogP) is 4.92. The molecule has 1 aromatic heterocycles. The van der Waals surface area contributed by atoms with Crippen LogP contribution in [0.1, 0.15) is 16.4 Å². The van der Waals surface area contributed by atoms with Gasteiger partial charge in [0.15, 0.2) is 11.5 Å². The van der Waals surface area contributed by atoms with Crippen LogP contribution in [-0.4, -0.2) is 46.7 Å². The summed E-state index contributed by atoms with van der Waals surface area (Å²) in [5, 5.41) is 13.9. The van der Waals surface area contributed by atoms with Gasteiger partial charge in [0.05, 0.1) is 35.8 Å². The molecule has 230 valence electrons. The summed E-state index contributed by atoms with van der Waals surface area (Å²) in [6.07, 6.45) is 0. The number of methoxy groups -OCH3 is 2. The third-order valence-electron chi connectivity index (χ3n) is 7.56. The lowest BCUT2D eigenvalue weighted by Gasteiger charge is -2.31. The van der Waals surface area contributed by atoms with Crippen molar-refractivity contribution < 1.29 is 28.8 Å². The predicted molar refractivity (Wildman–Crippen MR) is 169 cm³/mol. The molecular formula is C30H23ClN4O8S2. The molecule has 4 aromatic rings. The molecular weight excluding hydrogens is 644 g/mol. The van der Waals surface area contributed by atoms with E-state index < -0.39 is 44.6 Å². The molecule has 1 N–H and O–H groups in total. The number of nitro groups is 1. The first-order chi connectivity index (χ1) is 21.6. The number of halogens is 1. The number of nitrogens with one attached hydrogen (secondary N) is 1. The Kier molecular flexibility index (Phi) is 8.12. The van der Waals surface area contributed by atoms with Crippen molar-refractivity contribution in [1.29, 1.82) is 0 Å². The maximum Gasteiger partial charge on any atom is 0.308 e. The fourth-order valence-electron chi connectivity index (χ4n) is 5.52. The summed E-state index contributed by atoms with van der Waals surface area (Å²) in [6.45, 7) is -0.329. The van der Waals surface area contributed by atoms with E-state index in [1.54, 1.807) is 42.5 Å². The Balaban J connectivity index is 1.43. The van der Waals surface area contributed by atoms with Crippen LogP contribution in [-0.2, 0) is 20.9 Å². The summed E-state index contributed by atoms with van der Waals surface area (Å²) in [5.74, 6) is -2.33. The Labute approximate surface area is 268 Å². The van der Waals surface area contributed by atoms with Gasteiger partial charge < -0.3 is 14.8 Å². The van der Waals surface area contributed by atoms with Crippen molar-refractivity contribution in [3.05, 3.63) is 102 Å². The van der Waals surface area contributed by atoms with Crippen LogP contribution in [0.2, 0.25) is 5.02 Å². The number of hydrogen-bond acceptors (Lipinski definition) is 10. The Morgan fingerprint density at radius 1 is 0.978 bits per heavy atom. The minimum atomic E-state index is -0.946. The highest BCUT2D eigenvalue weighted by atomic mass is 35.5. The number of aromatic nitrogens is 1. The van der Waals surface area contributed by atoms with Crippen molar-refractivity contribution in [1.82, 2.24) is 4.57 Å². The quantitative estimate of drug-likeness (QED) is 0.157. The first-order valence-electron chi connectivity index (χ1n) is 13.4. The lowest BCUT2D eigenvalue weighted by Crippen LogP contribution is -2.33. The van der Waals surface area contributed by atoms with Crippen LogP contribution in [0.5, 0.6) is 11.5 Å². The average molecular weight is 667 g/mol. The number of hydrogen-bond donors (Lipinski definition) is 1. The Bertz CT molecular complexity index is 1910. The van der Waals surface area contributed by atoms with Crippen molar-refractivity contribution in [2.75, 3.05) is 24.4 Å². The summed E-state index contributed by atoms with van der Waals surface area (Å²) >= 11 is 7.91. The van der Waals surface area contributed by atoms with Crippen LogP contribution >= 0.6 is 34.7 Å². The molecule has 0 saturated carbocycles. The zero-order chi connectivity index (χ0) is 32.0. The van der Waals surface area contributed by atoms with Crippen LogP contribution in [0.3, 0.4) is 0 Å². The van der Waals surface area contributed by atoms with Crippen LogP contribution < -0.4 is 24.6 Å². The number of benzene rings is 3. The van der Waals surface area contributed by atoms with Crippen LogP contribution in [0.25, 0.3) is 0 Å². The molecule has 1 fully saturated rings. The molecule has 2 unspecified atom stereocenters. The van der Waals surface area contributed by atoms with Gasteiger partial charge in [0.2, 0.25) is 17.7 Å². The van der Waals surface area contributed by atoms with Gasteiger partial charge in [-0.05, 0) is 54.1 Å². The molecule has 1 saturated heterocycles. The van der Waals surface area contributed by atoms with Gasteiger partial charge in [-0.1, -0.05) is 40.8 Å². The van der Waals surface area contributed by atoms with E-state index in [9.17, 15) is 29.3 Å². The number of thioether (sulfide) groups is 1. The molecule has 0 radical (unpaired) electrons. The molecule has 6 rings (SSSR count). The van der Waals surface area contributed by atoms with Crippen molar-refractivity contribution >= 4 is 69.5 Å². The number of carbonyl (C=O) groups is 3. The van der Waals surface area contributed by atoms with Crippen molar-refractivity contribution in [2.45, 2.75) is 22.7 Å². The van der Waals surface area contributed by atoms with Crippen molar-refractivity contribution in [3.8, 4) is 11.5 Å². The number of thiazole rings is 1. The SMILES string of the molecule is COc1ccc([C@@H]2c3sc(=O)n(CC(=O)Nc4ccc(Cl)cc4)c3SC3C(=O)N(c4ccc([N+](=O)[O-])cc4)C(=O)C32)cc1OC. The molecule has 0 bridgehead atoms. The number of ether oxygens (including phenoxy) is 2. The van der Waals surface area contributed by atoms with Gasteiger partial charge in [-0.15, -0.1) is 0 Å². The number of anilines is 2. The van der Waals surface area contributed by atoms with Gasteiger partial charge in [0.25, 0.3) is 5.69 Å². The summed E-state index contributed by atoms with van der Waals surface area (Å²) < 4.78 is 12.2. The molecule has 45 heavy (non-hydrogen) atoms. The fourth-order valence-corrected chi connectivity index (χ4v) is 8.42. The highest BCUT2D eigenvalue weighted by Gasteiger charge is 2.57. The lowest BCUT2D eigenvalue weighted by molar-refractivity contribution is -0.384. The van der Waals surface area contributed by atoms with Crippen molar-refractivity contribution in [2.24, 2.45) is 5.92 Å². The third kappa shape index (κ3) is 5.45. The second kappa shape index (κ2) is 12.0. The largest absolute Gasteiger partial charge is 0.493 e. The van der Waals surface area contributed by atoms with Gasteiger partial charge in [-0.3, -0.25) is 33.9 Å². The Hall–Kier alpha value is -4.66. The second-order valence-corrected chi connectivity index (χ2v) is 12.7. The third-order valence-corrected chi connectivity index (χ3v) is 10.4. The van der Waals surface area contributed by atoms with Gasteiger partial charge in [0.1, 0.15) is 11.8 Å². The van der Waals surface area contributed by atoms with Crippen LogP contribution in [0.15, 0.2) is 76.6 Å². The number of fused-ring (bicyclic) bond motifs is 2. The van der Waals surface area contributed by atoms with E-state index in [1.807, 2.05) is 0 Å². The van der Waals surface area contributed by atoms with Crippen molar-refractivity contribution in [3.63, 3.8) is 0 Å². The maximum absolute atomic E-state index is 14.1. The number of amides is 3. The zero-order valence-electron chi connectivity index (χ0n) is 23.6. The lowest BCUT2D eigenvalue weighted by atomic mass is 9.83. The van der Waals surface area contributed by atoms with Gasteiger partial charge >= 0.3 is 4.87 Å². The number of non-ortho nitro benzene ring substituents is 1. The molecule has 0 aliphatic carbocycles. The van der Waals surface area contributed by atoms with Gasteiger partial charge in [-0.2, -0.15) is 0 Å². The van der Waals surface area contributed by atoms with Crippen LogP contribution in [0, 0.1) is 16.0 Å². The maximum atomic E-state index is 14.1. The van der Waals surface area contributed by atoms with E-state index in [2.05, 4.69) is 5.32 Å². The first-order valence-corrected chi connectivity index (χ1v) is 15.5. The molecule has 3 aromatic carbocycles. The van der Waals surface area contributed by atoms with E-state index in [4.69, 9.17) is 21.1 Å². The molecule has 2 aliphatic rings. The van der Waals surface area contributed by atoms with E-state index in [0.29, 0.717) is 37.7 Å². The highest BCUT2D eigenvalue weighted by molar-refractivity contribution is 8.00. The van der Waals surface area contributed by atoms with Gasteiger partial charge in [-0.25, -0.2) is 4.90 Å². The first kappa shape index (κ1) is 30.4. The van der Waals surface area contributed by atoms with Gasteiger partial charge in [0, 0.05) is 33.6 Å². The fraction of sp³-hybridized carbons (Fsp3) is 0.200. The number of nitrogens with zero attached hydrogens (tertiary/aromatic N) is 3. The number of carbonyl (C=O) groups excluding carboxylic acids is 3. The van der Waals surface area contributed by atoms with Crippen LogP contribution in [0.4, 0.5) is 17.1 Å². The summed E-state index contributed by atoms with van der Waals surface area (Å²) in [7, 11) is 2.96. The molecule has 3 heterocycles. The molecule has 12 nitrogen and oxygen atoms in total. The number of imide groups is 1. The second-order valence-electron chi connectivity index (χ2n) is 10.1. The minimum Gasteiger partial charge on any atom is -0.493 e. The zero-order valence-corrected chi connectivity index (χ0v) is 26.0. The van der Waals surface area contributed by atoms with E-state index >= 15 is 0 Å². The summed E-state index contributed by atoms with van der Waals surface area (Å²) in [5.41, 5.74) is 1.11. The monoisotopic (exact) mass is 666 g/mol. The average Bonchev–Trinajstić information content (AvgIpc) is 3.47. The topological polar surface area (TPSA) is 150 Å². The highest BCUT2D eigenvalue weighted by Crippen LogP contribution is 2.54. The minimum absolute atomic E-state index is 0.184. The Morgan fingerprint density at radius 2 is 1.67 bits per heavy atom. The van der Waals surface area contributed by atoms with E-state index in [1.165, 1.54) is 43.1 Å². The van der Waals surface area contributed by atoms with E-state index in [0.717, 1.165) is 28.0 Å². The van der Waals surface area contributed by atoms with E-state index in [-0.39, 0.29) is 17.9 Å². The smallest absolute Gasteiger partial charge is 0.308 e. The molecule has 2 aliphatic heterocycles. The Morgan fingerprint density at radius 3 is 2.31 bits per heavy atom. The molecule has 0 spiro atoms. The normalized spacial score (nSPS) is 18.7. The standard InChI is InChI=1S/C30H23ClN4O8S2/c1-42-20-12-3-15(13-21(20)43-2)23-24-25(28(38)34(27(24)37)18-8-10-19(11-9-18)35(40)41)44-29-26(23)45-30(39)33(29)14-22(36)32-17-6-4-16(31)5-7-17/h3-13,23-25H,14H2,1-2H3,(H,32,36)/t23-,24?,25?/m0/s1. The number of rotatable bonds is 8. The molecule has 3 atom stereocenters. The summed E-state index contributed by atoms with van der Waals surface area (Å²) in [4.78, 5) is 66.2.